The lowest BCUT2D eigenvalue weighted by Gasteiger charge is -2.39. The van der Waals surface area contributed by atoms with Gasteiger partial charge in [-0.15, -0.1) is 0 Å². The van der Waals surface area contributed by atoms with Crippen LogP contribution in [0.4, 0.5) is 0 Å². The number of rotatable bonds is 6. The van der Waals surface area contributed by atoms with Gasteiger partial charge < -0.3 is 21.1 Å². The lowest BCUT2D eigenvalue weighted by atomic mass is 9.90. The Morgan fingerprint density at radius 2 is 2.06 bits per heavy atom. The molecule has 0 amide bonds. The molecule has 0 aromatic carbocycles. The Labute approximate surface area is 106 Å². The standard InChI is InChI=1S/C13H29N3O/c1-10(2)7-15-13-6-12(11(3)17)8-16(9-13)5-4-14/h10-13,15,17H,4-9,14H2,1-3H3. The summed E-state index contributed by atoms with van der Waals surface area (Å²) in [6, 6.07) is 0.497. The summed E-state index contributed by atoms with van der Waals surface area (Å²) in [6.07, 6.45) is 0.852. The van der Waals surface area contributed by atoms with Crippen molar-refractivity contribution in [3.8, 4) is 0 Å². The highest BCUT2D eigenvalue weighted by atomic mass is 16.3. The van der Waals surface area contributed by atoms with Crippen molar-refractivity contribution in [3.05, 3.63) is 0 Å². The van der Waals surface area contributed by atoms with Gasteiger partial charge in [-0.1, -0.05) is 13.8 Å². The van der Waals surface area contributed by atoms with Gasteiger partial charge in [-0.25, -0.2) is 0 Å². The molecular weight excluding hydrogens is 214 g/mol. The first-order valence-corrected chi connectivity index (χ1v) is 6.86. The molecule has 0 saturated carbocycles. The number of aliphatic hydroxyl groups is 1. The number of hydrogen-bond donors (Lipinski definition) is 3. The van der Waals surface area contributed by atoms with E-state index in [0.717, 1.165) is 32.6 Å². The molecule has 0 spiro atoms. The average Bonchev–Trinajstić information content (AvgIpc) is 2.26. The van der Waals surface area contributed by atoms with Gasteiger partial charge in [0.2, 0.25) is 0 Å². The zero-order valence-corrected chi connectivity index (χ0v) is 11.5. The van der Waals surface area contributed by atoms with E-state index in [1.807, 2.05) is 6.92 Å². The van der Waals surface area contributed by atoms with E-state index < -0.39 is 0 Å². The molecule has 0 aliphatic carbocycles. The molecule has 1 saturated heterocycles. The number of piperidine rings is 1. The zero-order chi connectivity index (χ0) is 12.8. The smallest absolute Gasteiger partial charge is 0.0553 e. The first-order chi connectivity index (χ1) is 8.02. The van der Waals surface area contributed by atoms with Crippen LogP contribution in [0.25, 0.3) is 0 Å². The van der Waals surface area contributed by atoms with Crippen molar-refractivity contribution in [2.24, 2.45) is 17.6 Å². The van der Waals surface area contributed by atoms with Crippen molar-refractivity contribution in [2.75, 3.05) is 32.7 Å². The molecule has 3 atom stereocenters. The molecule has 102 valence electrons. The first kappa shape index (κ1) is 14.9. The van der Waals surface area contributed by atoms with Crippen LogP contribution in [0, 0.1) is 11.8 Å². The fourth-order valence-corrected chi connectivity index (χ4v) is 2.50. The molecule has 1 heterocycles. The first-order valence-electron chi connectivity index (χ1n) is 6.86. The molecule has 1 fully saturated rings. The fourth-order valence-electron chi connectivity index (χ4n) is 2.50. The van der Waals surface area contributed by atoms with Crippen molar-refractivity contribution in [1.82, 2.24) is 10.2 Å². The van der Waals surface area contributed by atoms with E-state index in [1.165, 1.54) is 0 Å². The Balaban J connectivity index is 2.46. The number of nitrogens with zero attached hydrogens (tertiary/aromatic N) is 1. The van der Waals surface area contributed by atoms with Gasteiger partial charge in [0.1, 0.15) is 0 Å². The van der Waals surface area contributed by atoms with Gasteiger partial charge in [0.05, 0.1) is 6.10 Å². The topological polar surface area (TPSA) is 61.5 Å². The minimum Gasteiger partial charge on any atom is -0.393 e. The molecule has 3 unspecified atom stereocenters. The van der Waals surface area contributed by atoms with E-state index in [4.69, 9.17) is 5.73 Å². The van der Waals surface area contributed by atoms with Gasteiger partial charge in [-0.2, -0.15) is 0 Å². The molecular formula is C13H29N3O. The SMILES string of the molecule is CC(C)CNC1CC(C(C)O)CN(CCN)C1. The molecule has 0 aromatic heterocycles. The molecule has 17 heavy (non-hydrogen) atoms. The van der Waals surface area contributed by atoms with Crippen LogP contribution in [0.15, 0.2) is 0 Å². The van der Waals surface area contributed by atoms with Gasteiger partial charge in [-0.05, 0) is 31.7 Å². The largest absolute Gasteiger partial charge is 0.393 e. The van der Waals surface area contributed by atoms with E-state index in [0.29, 0.717) is 24.4 Å². The average molecular weight is 243 g/mol. The van der Waals surface area contributed by atoms with Gasteiger partial charge in [0.25, 0.3) is 0 Å². The van der Waals surface area contributed by atoms with Crippen LogP contribution in [0.1, 0.15) is 27.2 Å². The van der Waals surface area contributed by atoms with Gasteiger partial charge in [0, 0.05) is 32.2 Å². The second-order valence-electron chi connectivity index (χ2n) is 5.78. The Bertz CT molecular complexity index is 209. The van der Waals surface area contributed by atoms with Crippen LogP contribution in [0.2, 0.25) is 0 Å². The summed E-state index contributed by atoms with van der Waals surface area (Å²) in [4.78, 5) is 2.37. The zero-order valence-electron chi connectivity index (χ0n) is 11.5. The minimum absolute atomic E-state index is 0.223. The van der Waals surface area contributed by atoms with Crippen molar-refractivity contribution in [2.45, 2.75) is 39.3 Å². The molecule has 1 aliphatic rings. The fraction of sp³-hybridized carbons (Fsp3) is 1.00. The van der Waals surface area contributed by atoms with Crippen molar-refractivity contribution < 1.29 is 5.11 Å². The van der Waals surface area contributed by atoms with E-state index >= 15 is 0 Å². The Hall–Kier alpha value is -0.160. The second-order valence-corrected chi connectivity index (χ2v) is 5.78. The van der Waals surface area contributed by atoms with Crippen molar-refractivity contribution in [3.63, 3.8) is 0 Å². The lowest BCUT2D eigenvalue weighted by Crippen LogP contribution is -2.52. The summed E-state index contributed by atoms with van der Waals surface area (Å²) in [5.74, 6) is 1.05. The van der Waals surface area contributed by atoms with E-state index in [1.54, 1.807) is 0 Å². The number of nitrogens with one attached hydrogen (secondary N) is 1. The van der Waals surface area contributed by atoms with Crippen LogP contribution >= 0.6 is 0 Å². The summed E-state index contributed by atoms with van der Waals surface area (Å²) in [6.45, 7) is 11.1. The van der Waals surface area contributed by atoms with Crippen LogP contribution in [-0.2, 0) is 0 Å². The Morgan fingerprint density at radius 3 is 2.59 bits per heavy atom. The number of hydrogen-bond acceptors (Lipinski definition) is 4. The Morgan fingerprint density at radius 1 is 1.35 bits per heavy atom. The Kier molecular flexibility index (Phi) is 6.41. The molecule has 1 rings (SSSR count). The number of nitrogens with two attached hydrogens (primary N) is 1. The van der Waals surface area contributed by atoms with Crippen LogP contribution < -0.4 is 11.1 Å². The summed E-state index contributed by atoms with van der Waals surface area (Å²) in [5, 5.41) is 13.4. The molecule has 0 bridgehead atoms. The summed E-state index contributed by atoms with van der Waals surface area (Å²) in [5.41, 5.74) is 5.62. The maximum absolute atomic E-state index is 9.77. The van der Waals surface area contributed by atoms with Crippen LogP contribution in [0.5, 0.6) is 0 Å². The highest BCUT2D eigenvalue weighted by molar-refractivity contribution is 4.85. The summed E-state index contributed by atoms with van der Waals surface area (Å²) in [7, 11) is 0. The van der Waals surface area contributed by atoms with E-state index in [9.17, 15) is 5.11 Å². The monoisotopic (exact) mass is 243 g/mol. The second kappa shape index (κ2) is 7.31. The highest BCUT2D eigenvalue weighted by Crippen LogP contribution is 2.20. The molecule has 4 N–H and O–H groups in total. The predicted octanol–water partition coefficient (Wildman–Crippen LogP) is 0.262. The number of aliphatic hydroxyl groups excluding tert-OH is 1. The van der Waals surface area contributed by atoms with E-state index in [2.05, 4.69) is 24.1 Å². The van der Waals surface area contributed by atoms with E-state index in [-0.39, 0.29) is 6.10 Å². The van der Waals surface area contributed by atoms with Gasteiger partial charge >= 0.3 is 0 Å². The molecule has 1 aliphatic heterocycles. The minimum atomic E-state index is -0.223. The van der Waals surface area contributed by atoms with Crippen molar-refractivity contribution >= 4 is 0 Å². The van der Waals surface area contributed by atoms with Crippen LogP contribution in [0.3, 0.4) is 0 Å². The normalized spacial score (nSPS) is 28.6. The molecule has 0 aromatic rings. The third-order valence-electron chi connectivity index (χ3n) is 3.50. The van der Waals surface area contributed by atoms with Crippen LogP contribution in [-0.4, -0.2) is 54.9 Å². The summed E-state index contributed by atoms with van der Waals surface area (Å²) >= 11 is 0. The lowest BCUT2D eigenvalue weighted by molar-refractivity contribution is 0.0489. The maximum atomic E-state index is 9.77. The highest BCUT2D eigenvalue weighted by Gasteiger charge is 2.29. The summed E-state index contributed by atoms with van der Waals surface area (Å²) < 4.78 is 0. The molecule has 4 nitrogen and oxygen atoms in total. The number of likely N-dealkylation sites (tertiary alicyclic amines) is 1. The molecule has 0 radical (unpaired) electrons. The third-order valence-corrected chi connectivity index (χ3v) is 3.50. The van der Waals surface area contributed by atoms with Gasteiger partial charge in [-0.3, -0.25) is 0 Å². The quantitative estimate of drug-likeness (QED) is 0.626. The maximum Gasteiger partial charge on any atom is 0.0553 e. The predicted molar refractivity (Wildman–Crippen MR) is 71.9 cm³/mol. The third kappa shape index (κ3) is 5.34. The van der Waals surface area contributed by atoms with Gasteiger partial charge in [0.15, 0.2) is 0 Å². The molecule has 4 heteroatoms. The van der Waals surface area contributed by atoms with Crippen molar-refractivity contribution in [1.29, 1.82) is 0 Å².